The summed E-state index contributed by atoms with van der Waals surface area (Å²) in [6, 6.07) is 5.99. The predicted molar refractivity (Wildman–Crippen MR) is 76.6 cm³/mol. The highest BCUT2D eigenvalue weighted by atomic mass is 16.5. The normalized spacial score (nSPS) is 20.3. The van der Waals surface area contributed by atoms with E-state index in [4.69, 9.17) is 4.74 Å². The fourth-order valence-electron chi connectivity index (χ4n) is 2.65. The Hall–Kier alpha value is -1.26. The second-order valence-corrected chi connectivity index (χ2v) is 5.24. The number of rotatable bonds is 4. The molecule has 2 N–H and O–H groups in total. The highest BCUT2D eigenvalue weighted by molar-refractivity contribution is 5.39. The van der Waals surface area contributed by atoms with Crippen molar-refractivity contribution in [3.63, 3.8) is 0 Å². The maximum Gasteiger partial charge on any atom is 0.120 e. The van der Waals surface area contributed by atoms with Gasteiger partial charge < -0.3 is 15.2 Å². The van der Waals surface area contributed by atoms with Crippen molar-refractivity contribution in [1.29, 1.82) is 0 Å². The smallest absolute Gasteiger partial charge is 0.120 e. The Kier molecular flexibility index (Phi) is 5.05. The number of ether oxygens (including phenoxy) is 1. The Morgan fingerprint density at radius 1 is 1.37 bits per heavy atom. The van der Waals surface area contributed by atoms with E-state index in [1.165, 1.54) is 19.3 Å². The van der Waals surface area contributed by atoms with Crippen molar-refractivity contribution in [2.75, 3.05) is 27.2 Å². The van der Waals surface area contributed by atoms with Crippen molar-refractivity contribution < 1.29 is 9.84 Å². The van der Waals surface area contributed by atoms with Gasteiger partial charge in [-0.3, -0.25) is 4.90 Å². The molecule has 0 radical (unpaired) electrons. The van der Waals surface area contributed by atoms with Crippen molar-refractivity contribution in [2.45, 2.75) is 31.8 Å². The zero-order valence-electron chi connectivity index (χ0n) is 11.9. The molecular weight excluding hydrogens is 240 g/mol. The van der Waals surface area contributed by atoms with Crippen molar-refractivity contribution >= 4 is 0 Å². The van der Waals surface area contributed by atoms with E-state index in [0.29, 0.717) is 11.8 Å². The Bertz CT molecular complexity index is 401. The number of nitrogens with one attached hydrogen (secondary N) is 1. The van der Waals surface area contributed by atoms with E-state index in [9.17, 15) is 5.11 Å². The van der Waals surface area contributed by atoms with Crippen molar-refractivity contribution in [2.24, 2.45) is 0 Å². The summed E-state index contributed by atoms with van der Waals surface area (Å²) in [6.07, 6.45) is 3.61. The van der Waals surface area contributed by atoms with Crippen LogP contribution in [0.5, 0.6) is 11.5 Å². The van der Waals surface area contributed by atoms with Gasteiger partial charge in [-0.1, -0.05) is 0 Å². The molecule has 19 heavy (non-hydrogen) atoms. The monoisotopic (exact) mass is 264 g/mol. The number of aromatic hydroxyl groups is 1. The van der Waals surface area contributed by atoms with Crippen LogP contribution in [0.2, 0.25) is 0 Å². The minimum absolute atomic E-state index is 0.347. The second-order valence-electron chi connectivity index (χ2n) is 5.24. The Balaban J connectivity index is 2.02. The lowest BCUT2D eigenvalue weighted by atomic mass is 10.1. The van der Waals surface area contributed by atoms with Gasteiger partial charge in [-0.2, -0.15) is 0 Å². The topological polar surface area (TPSA) is 44.7 Å². The molecule has 106 valence electrons. The number of phenolic OH excluding ortho intramolecular Hbond substituents is 1. The number of methoxy groups -OCH3 is 1. The van der Waals surface area contributed by atoms with Gasteiger partial charge in [-0.25, -0.2) is 0 Å². The highest BCUT2D eigenvalue weighted by Crippen LogP contribution is 2.25. The van der Waals surface area contributed by atoms with Crippen LogP contribution >= 0.6 is 0 Å². The first-order chi connectivity index (χ1) is 9.20. The van der Waals surface area contributed by atoms with Gasteiger partial charge >= 0.3 is 0 Å². The van der Waals surface area contributed by atoms with Gasteiger partial charge in [-0.15, -0.1) is 0 Å². The van der Waals surface area contributed by atoms with E-state index < -0.39 is 0 Å². The van der Waals surface area contributed by atoms with E-state index in [1.807, 2.05) is 6.07 Å². The van der Waals surface area contributed by atoms with Gasteiger partial charge in [0.25, 0.3) is 0 Å². The molecule has 4 nitrogen and oxygen atoms in total. The second kappa shape index (κ2) is 6.78. The van der Waals surface area contributed by atoms with Gasteiger partial charge in [0.1, 0.15) is 11.5 Å². The molecule has 1 fully saturated rings. The first-order valence-electron chi connectivity index (χ1n) is 6.97. The third kappa shape index (κ3) is 3.85. The Labute approximate surface area is 115 Å². The molecule has 1 aromatic rings. The lowest BCUT2D eigenvalue weighted by Gasteiger charge is -2.27. The third-order valence-electron chi connectivity index (χ3n) is 3.87. The van der Waals surface area contributed by atoms with Gasteiger partial charge in [0.05, 0.1) is 7.11 Å². The van der Waals surface area contributed by atoms with Crippen molar-refractivity contribution in [1.82, 2.24) is 10.2 Å². The summed E-state index contributed by atoms with van der Waals surface area (Å²) in [6.45, 7) is 2.96. The van der Waals surface area contributed by atoms with Crippen LogP contribution in [0.4, 0.5) is 0 Å². The van der Waals surface area contributed by atoms with Gasteiger partial charge in [0.2, 0.25) is 0 Å². The summed E-state index contributed by atoms with van der Waals surface area (Å²) in [5, 5.41) is 13.4. The number of hydrogen-bond acceptors (Lipinski definition) is 4. The largest absolute Gasteiger partial charge is 0.508 e. The molecular formula is C15H24N2O2. The van der Waals surface area contributed by atoms with Crippen LogP contribution in [-0.2, 0) is 6.54 Å². The molecule has 0 aliphatic carbocycles. The zero-order valence-corrected chi connectivity index (χ0v) is 11.9. The van der Waals surface area contributed by atoms with Crippen LogP contribution < -0.4 is 10.1 Å². The first-order valence-corrected chi connectivity index (χ1v) is 6.97. The molecule has 0 amide bonds. The van der Waals surface area contributed by atoms with Crippen LogP contribution in [0.15, 0.2) is 18.2 Å². The van der Waals surface area contributed by atoms with Gasteiger partial charge in [0, 0.05) is 18.2 Å². The molecule has 1 atom stereocenters. The standard InChI is InChI=1S/C15H24N2O2/c1-17(13-4-3-8-16-9-7-13)11-12-10-14(19-2)5-6-15(12)18/h5-6,10,13,16,18H,3-4,7-9,11H2,1-2H3. The third-order valence-corrected chi connectivity index (χ3v) is 3.87. The van der Waals surface area contributed by atoms with E-state index in [0.717, 1.165) is 30.9 Å². The number of benzene rings is 1. The molecule has 0 aromatic heterocycles. The van der Waals surface area contributed by atoms with Crippen molar-refractivity contribution in [3.8, 4) is 11.5 Å². The van der Waals surface area contributed by atoms with Crippen molar-refractivity contribution in [3.05, 3.63) is 23.8 Å². The quantitative estimate of drug-likeness (QED) is 0.873. The SMILES string of the molecule is COc1ccc(O)c(CN(C)C2CCCNCC2)c1. The Morgan fingerprint density at radius 2 is 2.21 bits per heavy atom. The van der Waals surface area contributed by atoms with Crippen LogP contribution in [0.25, 0.3) is 0 Å². The lowest BCUT2D eigenvalue weighted by Crippen LogP contribution is -2.32. The molecule has 1 aromatic carbocycles. The van der Waals surface area contributed by atoms with E-state index in [2.05, 4.69) is 17.3 Å². The molecule has 2 rings (SSSR count). The van der Waals surface area contributed by atoms with E-state index in [1.54, 1.807) is 19.2 Å². The molecule has 0 spiro atoms. The molecule has 1 heterocycles. The average Bonchev–Trinajstić information content (AvgIpc) is 2.70. The van der Waals surface area contributed by atoms with Crippen LogP contribution in [0.3, 0.4) is 0 Å². The molecule has 1 aliphatic rings. The fourth-order valence-corrected chi connectivity index (χ4v) is 2.65. The van der Waals surface area contributed by atoms with E-state index >= 15 is 0 Å². The summed E-state index contributed by atoms with van der Waals surface area (Å²) in [4.78, 5) is 2.33. The predicted octanol–water partition coefficient (Wildman–Crippen LogP) is 1.97. The lowest BCUT2D eigenvalue weighted by molar-refractivity contribution is 0.214. The summed E-state index contributed by atoms with van der Waals surface area (Å²) < 4.78 is 5.22. The van der Waals surface area contributed by atoms with E-state index in [-0.39, 0.29) is 0 Å². The average molecular weight is 264 g/mol. The van der Waals surface area contributed by atoms with Gasteiger partial charge in [-0.05, 0) is 57.6 Å². The van der Waals surface area contributed by atoms with Crippen LogP contribution in [0.1, 0.15) is 24.8 Å². The molecule has 0 saturated carbocycles. The highest BCUT2D eigenvalue weighted by Gasteiger charge is 2.18. The molecule has 0 bridgehead atoms. The molecule has 1 aliphatic heterocycles. The maximum atomic E-state index is 9.94. The summed E-state index contributed by atoms with van der Waals surface area (Å²) in [5.41, 5.74) is 0.930. The minimum Gasteiger partial charge on any atom is -0.508 e. The number of phenols is 1. The summed E-state index contributed by atoms with van der Waals surface area (Å²) in [7, 11) is 3.78. The van der Waals surface area contributed by atoms with Crippen LogP contribution in [-0.4, -0.2) is 43.3 Å². The first kappa shape index (κ1) is 14.2. The Morgan fingerprint density at radius 3 is 3.00 bits per heavy atom. The minimum atomic E-state index is 0.347. The molecule has 4 heteroatoms. The summed E-state index contributed by atoms with van der Waals surface area (Å²) >= 11 is 0. The summed E-state index contributed by atoms with van der Waals surface area (Å²) in [5.74, 6) is 1.14. The fraction of sp³-hybridized carbons (Fsp3) is 0.600. The van der Waals surface area contributed by atoms with Gasteiger partial charge in [0.15, 0.2) is 0 Å². The number of nitrogens with zero attached hydrogens (tertiary/aromatic N) is 1. The number of hydrogen-bond donors (Lipinski definition) is 2. The molecule has 1 unspecified atom stereocenters. The maximum absolute atomic E-state index is 9.94. The van der Waals surface area contributed by atoms with Crippen LogP contribution in [0, 0.1) is 0 Å². The zero-order chi connectivity index (χ0) is 13.7. The molecule has 1 saturated heterocycles.